The molecular weight excluding hydrogens is 256 g/mol. The zero-order chi connectivity index (χ0) is 14.6. The predicted molar refractivity (Wildman–Crippen MR) is 78.9 cm³/mol. The van der Waals surface area contributed by atoms with Crippen molar-refractivity contribution in [2.45, 2.75) is 33.1 Å². The highest BCUT2D eigenvalue weighted by atomic mass is 16.5. The Labute approximate surface area is 120 Å². The Morgan fingerprint density at radius 3 is 2.65 bits per heavy atom. The van der Waals surface area contributed by atoms with Gasteiger partial charge >= 0.3 is 0 Å². The van der Waals surface area contributed by atoms with Crippen LogP contribution in [0.4, 0.5) is 5.82 Å². The number of nitrogens with one attached hydrogen (secondary N) is 2. The molecule has 0 aliphatic heterocycles. The van der Waals surface area contributed by atoms with Crippen LogP contribution in [0.5, 0.6) is 0 Å². The van der Waals surface area contributed by atoms with Gasteiger partial charge in [0.1, 0.15) is 11.5 Å². The highest BCUT2D eigenvalue weighted by Gasteiger charge is 2.06. The van der Waals surface area contributed by atoms with Crippen LogP contribution in [0, 0.1) is 0 Å². The van der Waals surface area contributed by atoms with Crippen molar-refractivity contribution in [3.8, 4) is 0 Å². The second kappa shape index (κ2) is 10.1. The molecule has 1 aromatic heterocycles. The molecule has 0 aliphatic carbocycles. The molecule has 2 N–H and O–H groups in total. The lowest BCUT2D eigenvalue weighted by molar-refractivity contribution is 0.0907. The van der Waals surface area contributed by atoms with Crippen molar-refractivity contribution in [3.05, 3.63) is 18.1 Å². The quantitative estimate of drug-likeness (QED) is 0.640. The lowest BCUT2D eigenvalue weighted by Crippen LogP contribution is -2.28. The number of carbonyl (C=O) groups is 1. The van der Waals surface area contributed by atoms with Crippen molar-refractivity contribution in [2.24, 2.45) is 0 Å². The molecule has 6 nitrogen and oxygen atoms in total. The van der Waals surface area contributed by atoms with Crippen LogP contribution in [0.3, 0.4) is 0 Å². The maximum absolute atomic E-state index is 11.8. The third kappa shape index (κ3) is 6.47. The largest absolute Gasteiger partial charge is 0.380 e. The molecule has 0 fully saturated rings. The third-order valence-electron chi connectivity index (χ3n) is 2.61. The zero-order valence-corrected chi connectivity index (χ0v) is 12.3. The molecule has 6 heteroatoms. The molecule has 0 saturated heterocycles. The smallest absolute Gasteiger partial charge is 0.271 e. The highest BCUT2D eigenvalue weighted by molar-refractivity contribution is 5.91. The van der Waals surface area contributed by atoms with Crippen LogP contribution in [0.1, 0.15) is 43.6 Å². The van der Waals surface area contributed by atoms with Crippen molar-refractivity contribution in [2.75, 3.05) is 31.6 Å². The summed E-state index contributed by atoms with van der Waals surface area (Å²) in [6.07, 6.45) is 6.22. The van der Waals surface area contributed by atoms with Crippen LogP contribution in [-0.2, 0) is 4.74 Å². The topological polar surface area (TPSA) is 76.1 Å². The van der Waals surface area contributed by atoms with Gasteiger partial charge in [-0.2, -0.15) is 0 Å². The number of hydrogen-bond acceptors (Lipinski definition) is 5. The summed E-state index contributed by atoms with van der Waals surface area (Å²) in [5, 5.41) is 5.86. The number of carbonyl (C=O) groups excluding carboxylic acids is 1. The fraction of sp³-hybridized carbons (Fsp3) is 0.643. The molecule has 0 saturated carbocycles. The first-order valence-corrected chi connectivity index (χ1v) is 7.19. The summed E-state index contributed by atoms with van der Waals surface area (Å²) in [4.78, 5) is 20.0. The van der Waals surface area contributed by atoms with E-state index in [0.29, 0.717) is 24.7 Å². The van der Waals surface area contributed by atoms with E-state index in [1.165, 1.54) is 6.20 Å². The molecule has 0 bridgehead atoms. The fourth-order valence-electron chi connectivity index (χ4n) is 1.47. The minimum Gasteiger partial charge on any atom is -0.380 e. The number of aromatic nitrogens is 2. The molecular formula is C14H24N4O2. The van der Waals surface area contributed by atoms with Gasteiger partial charge in [-0.1, -0.05) is 20.3 Å². The van der Waals surface area contributed by atoms with Crippen LogP contribution in [0.15, 0.2) is 12.4 Å². The van der Waals surface area contributed by atoms with Gasteiger partial charge < -0.3 is 15.4 Å². The number of unbranched alkanes of at least 4 members (excludes halogenated alkanes) is 1. The van der Waals surface area contributed by atoms with E-state index in [2.05, 4.69) is 34.4 Å². The number of amides is 1. The van der Waals surface area contributed by atoms with E-state index in [9.17, 15) is 4.79 Å². The second-order valence-electron chi connectivity index (χ2n) is 4.44. The van der Waals surface area contributed by atoms with Crippen molar-refractivity contribution in [3.63, 3.8) is 0 Å². The lowest BCUT2D eigenvalue weighted by Gasteiger charge is -2.06. The predicted octanol–water partition coefficient (Wildman–Crippen LogP) is 1.84. The Kier molecular flexibility index (Phi) is 8.30. The average Bonchev–Trinajstić information content (AvgIpc) is 2.49. The van der Waals surface area contributed by atoms with Crippen LogP contribution < -0.4 is 10.6 Å². The summed E-state index contributed by atoms with van der Waals surface area (Å²) in [6, 6.07) is 0. The molecule has 20 heavy (non-hydrogen) atoms. The number of anilines is 1. The first-order chi connectivity index (χ1) is 9.77. The molecule has 0 atom stereocenters. The van der Waals surface area contributed by atoms with E-state index in [4.69, 9.17) is 4.74 Å². The number of hydrogen-bond donors (Lipinski definition) is 2. The zero-order valence-electron chi connectivity index (χ0n) is 12.3. The molecule has 0 radical (unpaired) electrons. The molecule has 0 aliphatic rings. The van der Waals surface area contributed by atoms with E-state index in [-0.39, 0.29) is 5.91 Å². The first kappa shape index (κ1) is 16.4. The molecule has 1 aromatic rings. The maximum atomic E-state index is 11.8. The molecule has 1 heterocycles. The summed E-state index contributed by atoms with van der Waals surface area (Å²) >= 11 is 0. The molecule has 1 rings (SSSR count). The lowest BCUT2D eigenvalue weighted by atomic mass is 10.4. The molecule has 1 amide bonds. The van der Waals surface area contributed by atoms with Crippen molar-refractivity contribution in [1.82, 2.24) is 15.3 Å². The van der Waals surface area contributed by atoms with Gasteiger partial charge in [-0.3, -0.25) is 4.79 Å². The monoisotopic (exact) mass is 280 g/mol. The van der Waals surface area contributed by atoms with E-state index in [0.717, 1.165) is 32.4 Å². The summed E-state index contributed by atoms with van der Waals surface area (Å²) in [5.74, 6) is 0.463. The normalized spacial score (nSPS) is 10.3. The van der Waals surface area contributed by atoms with Crippen LogP contribution >= 0.6 is 0 Å². The van der Waals surface area contributed by atoms with Crippen LogP contribution in [-0.4, -0.2) is 42.2 Å². The van der Waals surface area contributed by atoms with Gasteiger partial charge in [0.25, 0.3) is 5.91 Å². The van der Waals surface area contributed by atoms with Gasteiger partial charge in [-0.15, -0.1) is 0 Å². The number of nitrogens with zero attached hydrogens (tertiary/aromatic N) is 2. The third-order valence-corrected chi connectivity index (χ3v) is 2.61. The summed E-state index contributed by atoms with van der Waals surface area (Å²) in [6.45, 7) is 6.78. The van der Waals surface area contributed by atoms with Crippen molar-refractivity contribution >= 4 is 11.7 Å². The highest BCUT2D eigenvalue weighted by Crippen LogP contribution is 2.01. The summed E-state index contributed by atoms with van der Waals surface area (Å²) in [5.41, 5.74) is 0.320. The van der Waals surface area contributed by atoms with Gasteiger partial charge in [0.05, 0.1) is 19.0 Å². The Morgan fingerprint density at radius 2 is 2.00 bits per heavy atom. The first-order valence-electron chi connectivity index (χ1n) is 7.19. The summed E-state index contributed by atoms with van der Waals surface area (Å²) < 4.78 is 5.36. The Balaban J connectivity index is 2.25. The standard InChI is InChI=1S/C14H24N4O2/c1-3-5-8-20-9-7-16-14(19)12-10-18-13(11-17-12)15-6-4-2/h10-11H,3-9H2,1-2H3,(H,15,18)(H,16,19). The molecule has 112 valence electrons. The molecule has 0 aromatic carbocycles. The average molecular weight is 280 g/mol. The van der Waals surface area contributed by atoms with E-state index in [1.807, 2.05) is 0 Å². The van der Waals surface area contributed by atoms with Gasteiger partial charge in [-0.25, -0.2) is 9.97 Å². The molecule has 0 unspecified atom stereocenters. The van der Waals surface area contributed by atoms with E-state index < -0.39 is 0 Å². The van der Waals surface area contributed by atoms with E-state index >= 15 is 0 Å². The van der Waals surface area contributed by atoms with Crippen molar-refractivity contribution < 1.29 is 9.53 Å². The number of ether oxygens (including phenoxy) is 1. The van der Waals surface area contributed by atoms with Crippen LogP contribution in [0.2, 0.25) is 0 Å². The second-order valence-corrected chi connectivity index (χ2v) is 4.44. The minimum absolute atomic E-state index is 0.223. The van der Waals surface area contributed by atoms with Gasteiger partial charge in [0, 0.05) is 19.7 Å². The minimum atomic E-state index is -0.223. The van der Waals surface area contributed by atoms with E-state index in [1.54, 1.807) is 6.20 Å². The number of rotatable bonds is 10. The molecule has 0 spiro atoms. The van der Waals surface area contributed by atoms with Gasteiger partial charge in [-0.05, 0) is 12.8 Å². The summed E-state index contributed by atoms with van der Waals surface area (Å²) in [7, 11) is 0. The Hall–Kier alpha value is -1.69. The Morgan fingerprint density at radius 1 is 1.15 bits per heavy atom. The SMILES string of the molecule is CCCCOCCNC(=O)c1cnc(NCCC)cn1. The van der Waals surface area contributed by atoms with Gasteiger partial charge in [0.2, 0.25) is 0 Å². The maximum Gasteiger partial charge on any atom is 0.271 e. The van der Waals surface area contributed by atoms with Crippen LogP contribution in [0.25, 0.3) is 0 Å². The van der Waals surface area contributed by atoms with Crippen molar-refractivity contribution in [1.29, 1.82) is 0 Å². The Bertz CT molecular complexity index is 381. The van der Waals surface area contributed by atoms with Gasteiger partial charge in [0.15, 0.2) is 0 Å². The fourth-order valence-corrected chi connectivity index (χ4v) is 1.47.